The van der Waals surface area contributed by atoms with Crippen molar-refractivity contribution in [2.75, 3.05) is 14.2 Å². The van der Waals surface area contributed by atoms with E-state index in [1.165, 1.54) is 0 Å². The molecule has 3 aromatic rings. The Kier molecular flexibility index (Phi) is 8.28. The third-order valence-corrected chi connectivity index (χ3v) is 5.67. The van der Waals surface area contributed by atoms with Crippen LogP contribution in [0.2, 0.25) is 5.02 Å². The van der Waals surface area contributed by atoms with E-state index in [1.54, 1.807) is 25.1 Å². The number of amides is 2. The molecule has 2 amide bonds. The van der Waals surface area contributed by atoms with E-state index < -0.39 is 6.04 Å². The number of halogens is 1. The number of carbonyl (C=O) groups excluding carboxylic acids is 2. The van der Waals surface area contributed by atoms with Crippen molar-refractivity contribution in [2.45, 2.75) is 25.4 Å². The van der Waals surface area contributed by atoms with Crippen LogP contribution in [0.1, 0.15) is 16.7 Å². The zero-order chi connectivity index (χ0) is 22.9. The van der Waals surface area contributed by atoms with Crippen LogP contribution in [0.3, 0.4) is 0 Å². The fourth-order valence-electron chi connectivity index (χ4n) is 3.59. The largest absolute Gasteiger partial charge is 0.497 e. The molecule has 166 valence electrons. The molecule has 3 aromatic carbocycles. The molecule has 1 N–H and O–H groups in total. The van der Waals surface area contributed by atoms with E-state index in [2.05, 4.69) is 5.32 Å². The zero-order valence-electron chi connectivity index (χ0n) is 18.3. The summed E-state index contributed by atoms with van der Waals surface area (Å²) in [5.74, 6) is 0.301. The van der Waals surface area contributed by atoms with Crippen molar-refractivity contribution in [3.05, 3.63) is 101 Å². The van der Waals surface area contributed by atoms with Crippen LogP contribution >= 0.6 is 11.6 Å². The summed E-state index contributed by atoms with van der Waals surface area (Å²) in [6, 6.07) is 23.8. The molecule has 6 heteroatoms. The highest BCUT2D eigenvalue weighted by Crippen LogP contribution is 2.21. The Balaban J connectivity index is 1.96. The number of benzene rings is 3. The van der Waals surface area contributed by atoms with Gasteiger partial charge in [0.05, 0.1) is 13.5 Å². The maximum absolute atomic E-state index is 13.5. The van der Waals surface area contributed by atoms with Crippen LogP contribution in [-0.2, 0) is 29.0 Å². The molecular formula is C26H27ClN2O3. The second kappa shape index (κ2) is 11.3. The first-order valence-electron chi connectivity index (χ1n) is 10.4. The molecule has 1 atom stereocenters. The molecule has 0 bridgehead atoms. The van der Waals surface area contributed by atoms with E-state index >= 15 is 0 Å². The van der Waals surface area contributed by atoms with Gasteiger partial charge < -0.3 is 15.0 Å². The van der Waals surface area contributed by atoms with Gasteiger partial charge in [-0.1, -0.05) is 72.3 Å². The molecule has 0 aliphatic heterocycles. The highest BCUT2D eigenvalue weighted by molar-refractivity contribution is 6.31. The molecule has 0 radical (unpaired) electrons. The topological polar surface area (TPSA) is 58.6 Å². The minimum absolute atomic E-state index is 0.103. The maximum atomic E-state index is 13.5. The standard InChI is InChI=1S/C26H27ClN2O3/c1-28-26(31)24(16-19-9-4-3-5-10-19)29(18-20-11-8-13-22(15-20)32-2)25(30)17-21-12-6-7-14-23(21)27/h3-15,24H,16-18H2,1-2H3,(H,28,31). The summed E-state index contributed by atoms with van der Waals surface area (Å²) in [7, 11) is 3.19. The van der Waals surface area contributed by atoms with Crippen LogP contribution in [0, 0.1) is 0 Å². The molecule has 3 rings (SSSR count). The summed E-state index contributed by atoms with van der Waals surface area (Å²) in [6.07, 6.45) is 0.505. The lowest BCUT2D eigenvalue weighted by molar-refractivity contribution is -0.140. The van der Waals surface area contributed by atoms with E-state index in [-0.39, 0.29) is 24.8 Å². The van der Waals surface area contributed by atoms with Crippen LogP contribution in [0.15, 0.2) is 78.9 Å². The van der Waals surface area contributed by atoms with Gasteiger partial charge in [0, 0.05) is 25.0 Å². The number of carbonyl (C=O) groups is 2. The number of methoxy groups -OCH3 is 1. The molecule has 0 spiro atoms. The predicted octanol–water partition coefficient (Wildman–Crippen LogP) is 4.28. The number of nitrogens with zero attached hydrogens (tertiary/aromatic N) is 1. The molecule has 0 aromatic heterocycles. The molecule has 5 nitrogen and oxygen atoms in total. The van der Waals surface area contributed by atoms with E-state index in [9.17, 15) is 9.59 Å². The van der Waals surface area contributed by atoms with Crippen molar-refractivity contribution in [1.29, 1.82) is 0 Å². The fraction of sp³-hybridized carbons (Fsp3) is 0.231. The van der Waals surface area contributed by atoms with Gasteiger partial charge in [-0.2, -0.15) is 0 Å². The number of hydrogen-bond acceptors (Lipinski definition) is 3. The van der Waals surface area contributed by atoms with Crippen LogP contribution < -0.4 is 10.1 Å². The highest BCUT2D eigenvalue weighted by Gasteiger charge is 2.30. The Morgan fingerprint density at radius 3 is 2.34 bits per heavy atom. The minimum Gasteiger partial charge on any atom is -0.497 e. The average molecular weight is 451 g/mol. The molecule has 32 heavy (non-hydrogen) atoms. The van der Waals surface area contributed by atoms with Crippen molar-refractivity contribution >= 4 is 23.4 Å². The van der Waals surface area contributed by atoms with E-state index in [4.69, 9.17) is 16.3 Å². The van der Waals surface area contributed by atoms with Crippen molar-refractivity contribution in [2.24, 2.45) is 0 Å². The summed E-state index contributed by atoms with van der Waals surface area (Å²) < 4.78 is 5.33. The zero-order valence-corrected chi connectivity index (χ0v) is 19.0. The van der Waals surface area contributed by atoms with Gasteiger partial charge in [-0.3, -0.25) is 9.59 Å². The minimum atomic E-state index is -0.677. The quantitative estimate of drug-likeness (QED) is 0.529. The molecule has 0 fully saturated rings. The monoisotopic (exact) mass is 450 g/mol. The first-order valence-corrected chi connectivity index (χ1v) is 10.8. The van der Waals surface area contributed by atoms with Crippen molar-refractivity contribution in [1.82, 2.24) is 10.2 Å². The van der Waals surface area contributed by atoms with E-state index in [1.807, 2.05) is 72.8 Å². The average Bonchev–Trinajstić information content (AvgIpc) is 2.83. The lowest BCUT2D eigenvalue weighted by Crippen LogP contribution is -2.50. The molecule has 0 aliphatic rings. The summed E-state index contributed by atoms with van der Waals surface area (Å²) in [5.41, 5.74) is 2.58. The first-order chi connectivity index (χ1) is 15.5. The summed E-state index contributed by atoms with van der Waals surface area (Å²) >= 11 is 6.31. The van der Waals surface area contributed by atoms with Gasteiger partial charge in [0.1, 0.15) is 11.8 Å². The van der Waals surface area contributed by atoms with Crippen LogP contribution in [0.4, 0.5) is 0 Å². The molecule has 0 saturated carbocycles. The Labute approximate surface area is 194 Å². The Morgan fingerprint density at radius 1 is 0.969 bits per heavy atom. The smallest absolute Gasteiger partial charge is 0.242 e. The van der Waals surface area contributed by atoms with Gasteiger partial charge in [0.15, 0.2) is 0 Å². The summed E-state index contributed by atoms with van der Waals surface area (Å²) in [6.45, 7) is 0.269. The normalized spacial score (nSPS) is 11.5. The summed E-state index contributed by atoms with van der Waals surface area (Å²) in [5, 5.41) is 3.25. The van der Waals surface area contributed by atoms with Gasteiger partial charge in [-0.25, -0.2) is 0 Å². The van der Waals surface area contributed by atoms with E-state index in [0.29, 0.717) is 17.2 Å². The van der Waals surface area contributed by atoms with Crippen molar-refractivity contribution in [3.63, 3.8) is 0 Å². The molecular weight excluding hydrogens is 424 g/mol. The number of hydrogen-bond donors (Lipinski definition) is 1. The number of rotatable bonds is 9. The third kappa shape index (κ3) is 6.11. The Bertz CT molecular complexity index is 1060. The van der Waals surface area contributed by atoms with Gasteiger partial charge in [0.2, 0.25) is 11.8 Å². The first kappa shape index (κ1) is 23.4. The Morgan fingerprint density at radius 2 is 1.66 bits per heavy atom. The lowest BCUT2D eigenvalue weighted by atomic mass is 10.0. The number of likely N-dealkylation sites (N-methyl/N-ethyl adjacent to an activating group) is 1. The second-order valence-corrected chi connectivity index (χ2v) is 7.87. The van der Waals surface area contributed by atoms with Crippen molar-refractivity contribution in [3.8, 4) is 5.75 Å². The van der Waals surface area contributed by atoms with Gasteiger partial charge >= 0.3 is 0 Å². The van der Waals surface area contributed by atoms with Gasteiger partial charge in [-0.05, 0) is 34.9 Å². The number of ether oxygens (including phenoxy) is 1. The maximum Gasteiger partial charge on any atom is 0.242 e. The third-order valence-electron chi connectivity index (χ3n) is 5.30. The van der Waals surface area contributed by atoms with Crippen molar-refractivity contribution < 1.29 is 14.3 Å². The predicted molar refractivity (Wildman–Crippen MR) is 127 cm³/mol. The highest BCUT2D eigenvalue weighted by atomic mass is 35.5. The molecule has 1 unspecified atom stereocenters. The SMILES string of the molecule is CNC(=O)C(Cc1ccccc1)N(Cc1cccc(OC)c1)C(=O)Cc1ccccc1Cl. The molecule has 0 saturated heterocycles. The van der Waals surface area contributed by atoms with Gasteiger partial charge in [-0.15, -0.1) is 0 Å². The van der Waals surface area contributed by atoms with Gasteiger partial charge in [0.25, 0.3) is 0 Å². The van der Waals surface area contributed by atoms with Crippen LogP contribution in [0.25, 0.3) is 0 Å². The second-order valence-electron chi connectivity index (χ2n) is 7.46. The molecule has 0 heterocycles. The number of nitrogens with one attached hydrogen (secondary N) is 1. The Hall–Kier alpha value is -3.31. The van der Waals surface area contributed by atoms with Crippen LogP contribution in [-0.4, -0.2) is 36.9 Å². The molecule has 0 aliphatic carbocycles. The van der Waals surface area contributed by atoms with E-state index in [0.717, 1.165) is 16.7 Å². The fourth-order valence-corrected chi connectivity index (χ4v) is 3.80. The van der Waals surface area contributed by atoms with Crippen LogP contribution in [0.5, 0.6) is 5.75 Å². The lowest BCUT2D eigenvalue weighted by Gasteiger charge is -2.31. The summed E-state index contributed by atoms with van der Waals surface area (Å²) in [4.78, 5) is 28.1.